The first-order valence-corrected chi connectivity index (χ1v) is 10.2. The number of rotatable bonds is 7. The van der Waals surface area contributed by atoms with Crippen LogP contribution in [0.2, 0.25) is 0 Å². The molecule has 1 N–H and O–H groups in total. The van der Waals surface area contributed by atoms with Crippen LogP contribution in [-0.2, 0) is 11.3 Å². The molecule has 2 fully saturated rings. The van der Waals surface area contributed by atoms with Crippen LogP contribution in [0.15, 0.2) is 35.5 Å². The zero-order valence-electron chi connectivity index (χ0n) is 14.4. The third-order valence-electron chi connectivity index (χ3n) is 4.92. The van der Waals surface area contributed by atoms with Gasteiger partial charge in [-0.25, -0.2) is 0 Å². The van der Waals surface area contributed by atoms with Crippen LogP contribution in [0.1, 0.15) is 55.8 Å². The van der Waals surface area contributed by atoms with Crippen LogP contribution in [0.4, 0.5) is 0 Å². The minimum absolute atomic E-state index is 0.110. The standard InChI is InChI=1S/C19H24N4OS/c24-17(20-16-8-4-5-9-16)13-25-19-22-21-18(15-10-11-15)23(19)12-14-6-2-1-3-7-14/h1-3,6-7,15-16H,4-5,8-13H2,(H,20,24). The Labute approximate surface area is 152 Å². The van der Waals surface area contributed by atoms with E-state index < -0.39 is 0 Å². The molecule has 0 aliphatic heterocycles. The van der Waals surface area contributed by atoms with Crippen molar-refractivity contribution in [2.45, 2.75) is 62.2 Å². The molecule has 132 valence electrons. The van der Waals surface area contributed by atoms with Crippen molar-refractivity contribution in [1.29, 1.82) is 0 Å². The van der Waals surface area contributed by atoms with Crippen molar-refractivity contribution in [3.8, 4) is 0 Å². The average molecular weight is 356 g/mol. The first-order chi connectivity index (χ1) is 12.3. The second kappa shape index (κ2) is 7.60. The van der Waals surface area contributed by atoms with Crippen LogP contribution in [0.3, 0.4) is 0 Å². The van der Waals surface area contributed by atoms with Crippen molar-refractivity contribution in [1.82, 2.24) is 20.1 Å². The largest absolute Gasteiger partial charge is 0.353 e. The number of benzene rings is 1. The lowest BCUT2D eigenvalue weighted by atomic mass is 10.2. The van der Waals surface area contributed by atoms with Crippen LogP contribution in [0.25, 0.3) is 0 Å². The molecule has 1 aromatic heterocycles. The number of amides is 1. The van der Waals surface area contributed by atoms with Gasteiger partial charge in [-0.3, -0.25) is 4.79 Å². The summed E-state index contributed by atoms with van der Waals surface area (Å²) >= 11 is 1.50. The fourth-order valence-electron chi connectivity index (χ4n) is 3.43. The van der Waals surface area contributed by atoms with Gasteiger partial charge in [0.15, 0.2) is 5.16 Å². The minimum Gasteiger partial charge on any atom is -0.353 e. The number of nitrogens with one attached hydrogen (secondary N) is 1. The predicted molar refractivity (Wildman–Crippen MR) is 98.7 cm³/mol. The molecular weight excluding hydrogens is 332 g/mol. The van der Waals surface area contributed by atoms with Crippen LogP contribution < -0.4 is 5.32 Å². The van der Waals surface area contributed by atoms with E-state index >= 15 is 0 Å². The van der Waals surface area contributed by atoms with Gasteiger partial charge in [-0.05, 0) is 31.2 Å². The fourth-order valence-corrected chi connectivity index (χ4v) is 4.19. The number of carbonyl (C=O) groups is 1. The molecule has 2 saturated carbocycles. The Bertz CT molecular complexity index is 720. The third-order valence-corrected chi connectivity index (χ3v) is 5.89. The van der Waals surface area contributed by atoms with Crippen molar-refractivity contribution in [2.75, 3.05) is 5.75 Å². The third kappa shape index (κ3) is 4.24. The van der Waals surface area contributed by atoms with Gasteiger partial charge in [0, 0.05) is 12.0 Å². The molecule has 4 rings (SSSR count). The Morgan fingerprint density at radius 3 is 2.60 bits per heavy atom. The number of thioether (sulfide) groups is 1. The highest BCUT2D eigenvalue weighted by Crippen LogP contribution is 2.40. The van der Waals surface area contributed by atoms with E-state index in [-0.39, 0.29) is 5.91 Å². The van der Waals surface area contributed by atoms with Gasteiger partial charge in [0.1, 0.15) is 5.82 Å². The highest BCUT2D eigenvalue weighted by atomic mass is 32.2. The molecule has 2 aromatic rings. The molecule has 5 nitrogen and oxygen atoms in total. The second-order valence-corrected chi connectivity index (χ2v) is 7.97. The Morgan fingerprint density at radius 2 is 1.88 bits per heavy atom. The van der Waals surface area contributed by atoms with E-state index in [2.05, 4.69) is 44.3 Å². The maximum atomic E-state index is 12.2. The SMILES string of the molecule is O=C(CSc1nnc(C2CC2)n1Cc1ccccc1)NC1CCCC1. The van der Waals surface area contributed by atoms with Crippen LogP contribution >= 0.6 is 11.8 Å². The molecule has 0 radical (unpaired) electrons. The predicted octanol–water partition coefficient (Wildman–Crippen LogP) is 3.35. The van der Waals surface area contributed by atoms with Crippen molar-refractivity contribution in [2.24, 2.45) is 0 Å². The summed E-state index contributed by atoms with van der Waals surface area (Å²) in [6, 6.07) is 10.8. The summed E-state index contributed by atoms with van der Waals surface area (Å²) in [5.41, 5.74) is 1.24. The van der Waals surface area contributed by atoms with Gasteiger partial charge in [-0.1, -0.05) is 54.9 Å². The maximum absolute atomic E-state index is 12.2. The number of hydrogen-bond acceptors (Lipinski definition) is 4. The average Bonchev–Trinajstić information content (AvgIpc) is 3.20. The molecular formula is C19H24N4OS. The molecule has 2 aliphatic carbocycles. The Hall–Kier alpha value is -1.82. The van der Waals surface area contributed by atoms with E-state index in [9.17, 15) is 4.79 Å². The van der Waals surface area contributed by atoms with E-state index in [1.807, 2.05) is 6.07 Å². The zero-order chi connectivity index (χ0) is 17.1. The molecule has 2 aliphatic rings. The number of aromatic nitrogens is 3. The normalized spacial score (nSPS) is 17.8. The monoisotopic (exact) mass is 356 g/mol. The topological polar surface area (TPSA) is 59.8 Å². The Morgan fingerprint density at radius 1 is 1.12 bits per heavy atom. The van der Waals surface area contributed by atoms with Crippen molar-refractivity contribution >= 4 is 17.7 Å². The van der Waals surface area contributed by atoms with Crippen LogP contribution in [0.5, 0.6) is 0 Å². The van der Waals surface area contributed by atoms with E-state index in [1.54, 1.807) is 0 Å². The summed E-state index contributed by atoms with van der Waals surface area (Å²) in [5, 5.41) is 12.8. The highest BCUT2D eigenvalue weighted by molar-refractivity contribution is 7.99. The van der Waals surface area contributed by atoms with Gasteiger partial charge in [0.05, 0.1) is 12.3 Å². The second-order valence-electron chi connectivity index (χ2n) is 7.02. The first kappa shape index (κ1) is 16.6. The van der Waals surface area contributed by atoms with Gasteiger partial charge in [-0.2, -0.15) is 0 Å². The summed E-state index contributed by atoms with van der Waals surface area (Å²) in [6.45, 7) is 0.770. The van der Waals surface area contributed by atoms with Crippen molar-refractivity contribution < 1.29 is 4.79 Å². The molecule has 0 saturated heterocycles. The molecule has 1 amide bonds. The van der Waals surface area contributed by atoms with E-state index in [4.69, 9.17) is 0 Å². The van der Waals surface area contributed by atoms with E-state index in [1.165, 1.54) is 43.0 Å². The molecule has 0 spiro atoms. The van der Waals surface area contributed by atoms with Gasteiger partial charge in [-0.15, -0.1) is 10.2 Å². The van der Waals surface area contributed by atoms with E-state index in [0.29, 0.717) is 17.7 Å². The lowest BCUT2D eigenvalue weighted by Crippen LogP contribution is -2.33. The van der Waals surface area contributed by atoms with Crippen LogP contribution in [-0.4, -0.2) is 32.5 Å². The summed E-state index contributed by atoms with van der Waals surface area (Å²) in [5.74, 6) is 2.13. The molecule has 25 heavy (non-hydrogen) atoms. The maximum Gasteiger partial charge on any atom is 0.230 e. The number of carbonyl (C=O) groups excluding carboxylic acids is 1. The summed E-state index contributed by atoms with van der Waals surface area (Å²) < 4.78 is 2.19. The Kier molecular flexibility index (Phi) is 5.06. The molecule has 1 aromatic carbocycles. The number of hydrogen-bond donors (Lipinski definition) is 1. The van der Waals surface area contributed by atoms with Gasteiger partial charge >= 0.3 is 0 Å². The molecule has 0 unspecified atom stereocenters. The number of nitrogens with zero attached hydrogens (tertiary/aromatic N) is 3. The van der Waals surface area contributed by atoms with Crippen molar-refractivity contribution in [3.63, 3.8) is 0 Å². The zero-order valence-corrected chi connectivity index (χ0v) is 15.2. The van der Waals surface area contributed by atoms with Crippen molar-refractivity contribution in [3.05, 3.63) is 41.7 Å². The quantitative estimate of drug-likeness (QED) is 0.773. The first-order valence-electron chi connectivity index (χ1n) is 9.19. The van der Waals surface area contributed by atoms with E-state index in [0.717, 1.165) is 30.4 Å². The highest BCUT2D eigenvalue weighted by Gasteiger charge is 2.30. The lowest BCUT2D eigenvalue weighted by Gasteiger charge is -2.12. The molecule has 0 atom stereocenters. The molecule has 6 heteroatoms. The fraction of sp³-hybridized carbons (Fsp3) is 0.526. The van der Waals surface area contributed by atoms with Crippen LogP contribution in [0, 0.1) is 0 Å². The van der Waals surface area contributed by atoms with Gasteiger partial charge in [0.25, 0.3) is 0 Å². The van der Waals surface area contributed by atoms with Gasteiger partial charge in [0.2, 0.25) is 5.91 Å². The summed E-state index contributed by atoms with van der Waals surface area (Å²) in [4.78, 5) is 12.2. The molecule has 1 heterocycles. The molecule has 0 bridgehead atoms. The summed E-state index contributed by atoms with van der Waals surface area (Å²) in [6.07, 6.45) is 7.08. The smallest absolute Gasteiger partial charge is 0.230 e. The minimum atomic E-state index is 0.110. The lowest BCUT2D eigenvalue weighted by molar-refractivity contribution is -0.119. The summed E-state index contributed by atoms with van der Waals surface area (Å²) in [7, 11) is 0. The Balaban J connectivity index is 1.42. The van der Waals surface area contributed by atoms with Gasteiger partial charge < -0.3 is 9.88 Å².